The van der Waals surface area contributed by atoms with Crippen molar-refractivity contribution in [2.75, 3.05) is 7.11 Å². The van der Waals surface area contributed by atoms with E-state index in [1.165, 1.54) is 19.2 Å². The van der Waals surface area contributed by atoms with Gasteiger partial charge in [0.1, 0.15) is 9.88 Å². The molecule has 0 atom stereocenters. The maximum Gasteiger partial charge on any atom is 0.347 e. The third kappa shape index (κ3) is 2.81. The van der Waals surface area contributed by atoms with E-state index in [0.29, 0.717) is 16.3 Å². The van der Waals surface area contributed by atoms with Crippen LogP contribution in [0.15, 0.2) is 24.3 Å². The molecule has 0 amide bonds. The van der Waals surface area contributed by atoms with Crippen molar-refractivity contribution in [3.8, 4) is 10.6 Å². The fourth-order valence-electron chi connectivity index (χ4n) is 1.60. The molecule has 0 aliphatic carbocycles. The first kappa shape index (κ1) is 14.1. The normalized spacial score (nSPS) is 10.4. The lowest BCUT2D eigenvalue weighted by molar-refractivity contribution is -0.384. The van der Waals surface area contributed by atoms with Gasteiger partial charge in [-0.2, -0.15) is 0 Å². The smallest absolute Gasteiger partial charge is 0.347 e. The molecule has 1 heterocycles. The maximum atomic E-state index is 11.1. The van der Waals surface area contributed by atoms with Crippen LogP contribution in [0.1, 0.15) is 15.4 Å². The summed E-state index contributed by atoms with van der Waals surface area (Å²) in [6.07, 6.45) is 0. The number of carboxylic acids is 1. The number of rotatable bonds is 5. The fraction of sp³-hybridized carbons (Fsp3) is 0.167. The number of carbonyl (C=O) groups is 1. The minimum atomic E-state index is -1.07. The number of aromatic carboxylic acids is 1. The van der Waals surface area contributed by atoms with Crippen molar-refractivity contribution < 1.29 is 19.6 Å². The molecule has 104 valence electrons. The van der Waals surface area contributed by atoms with Crippen molar-refractivity contribution in [1.29, 1.82) is 0 Å². The number of hydrogen-bond acceptors (Lipinski definition) is 6. The van der Waals surface area contributed by atoms with Gasteiger partial charge in [0, 0.05) is 24.8 Å². The second-order valence-electron chi connectivity index (χ2n) is 3.84. The zero-order chi connectivity index (χ0) is 14.7. The van der Waals surface area contributed by atoms with Crippen molar-refractivity contribution >= 4 is 23.0 Å². The second kappa shape index (κ2) is 5.76. The number of nitro benzene ring substituents is 1. The number of aromatic nitrogens is 1. The van der Waals surface area contributed by atoms with Gasteiger partial charge < -0.3 is 9.84 Å². The summed E-state index contributed by atoms with van der Waals surface area (Å²) in [6.45, 7) is 0.102. The molecule has 1 aromatic heterocycles. The molecule has 0 saturated heterocycles. The Kier molecular flexibility index (Phi) is 4.06. The highest BCUT2D eigenvalue weighted by atomic mass is 32.1. The van der Waals surface area contributed by atoms with E-state index in [1.54, 1.807) is 12.1 Å². The molecule has 0 fully saturated rings. The number of nitrogens with zero attached hydrogens (tertiary/aromatic N) is 2. The van der Waals surface area contributed by atoms with Gasteiger partial charge in [-0.1, -0.05) is 0 Å². The highest BCUT2D eigenvalue weighted by Gasteiger charge is 2.18. The first-order valence-corrected chi connectivity index (χ1v) is 6.31. The number of methoxy groups -OCH3 is 1. The Bertz CT molecular complexity index is 650. The summed E-state index contributed by atoms with van der Waals surface area (Å²) in [5.74, 6) is -1.07. The fourth-order valence-corrected chi connectivity index (χ4v) is 2.52. The monoisotopic (exact) mass is 294 g/mol. The van der Waals surface area contributed by atoms with E-state index < -0.39 is 10.9 Å². The van der Waals surface area contributed by atoms with Crippen LogP contribution in [0, 0.1) is 10.1 Å². The Labute approximate surface area is 117 Å². The van der Waals surface area contributed by atoms with Gasteiger partial charge in [0.25, 0.3) is 5.69 Å². The Balaban J connectivity index is 2.39. The Morgan fingerprint density at radius 3 is 2.60 bits per heavy atom. The zero-order valence-corrected chi connectivity index (χ0v) is 11.2. The van der Waals surface area contributed by atoms with Gasteiger partial charge >= 0.3 is 5.97 Å². The van der Waals surface area contributed by atoms with Gasteiger partial charge in [-0.25, -0.2) is 9.78 Å². The summed E-state index contributed by atoms with van der Waals surface area (Å²) >= 11 is 1.01. The molecule has 0 radical (unpaired) electrons. The molecule has 0 spiro atoms. The lowest BCUT2D eigenvalue weighted by Crippen LogP contribution is -1.99. The van der Waals surface area contributed by atoms with E-state index in [9.17, 15) is 14.9 Å². The van der Waals surface area contributed by atoms with Gasteiger partial charge in [-0.15, -0.1) is 11.3 Å². The molecule has 0 aliphatic rings. The maximum absolute atomic E-state index is 11.1. The molecule has 1 N–H and O–H groups in total. The molecular weight excluding hydrogens is 284 g/mol. The van der Waals surface area contributed by atoms with Crippen LogP contribution >= 0.6 is 11.3 Å². The molecule has 7 nitrogen and oxygen atoms in total. The number of benzene rings is 1. The summed E-state index contributed by atoms with van der Waals surface area (Å²) in [5.41, 5.74) is 0.949. The van der Waals surface area contributed by atoms with Gasteiger partial charge in [0.2, 0.25) is 0 Å². The predicted molar refractivity (Wildman–Crippen MR) is 71.9 cm³/mol. The van der Waals surface area contributed by atoms with E-state index in [1.807, 2.05) is 0 Å². The van der Waals surface area contributed by atoms with Crippen molar-refractivity contribution in [1.82, 2.24) is 4.98 Å². The highest BCUT2D eigenvalue weighted by molar-refractivity contribution is 7.17. The van der Waals surface area contributed by atoms with Crippen LogP contribution in [0.2, 0.25) is 0 Å². The topological polar surface area (TPSA) is 103 Å². The van der Waals surface area contributed by atoms with Crippen LogP contribution in [-0.4, -0.2) is 28.1 Å². The number of ether oxygens (including phenoxy) is 1. The molecule has 0 unspecified atom stereocenters. The summed E-state index contributed by atoms with van der Waals surface area (Å²) < 4.78 is 4.91. The average Bonchev–Trinajstić information content (AvgIpc) is 2.83. The van der Waals surface area contributed by atoms with Crippen LogP contribution in [0.5, 0.6) is 0 Å². The standard InChI is InChI=1S/C12H10N2O5S/c1-19-6-9-10(12(15)16)20-11(13-9)7-2-4-8(5-3-7)14(17)18/h2-5H,6H2,1H3,(H,15,16). The third-order valence-electron chi connectivity index (χ3n) is 2.50. The van der Waals surface area contributed by atoms with E-state index in [4.69, 9.17) is 9.84 Å². The van der Waals surface area contributed by atoms with Crippen LogP contribution in [0.25, 0.3) is 10.6 Å². The minimum absolute atomic E-state index is 0.0270. The predicted octanol–water partition coefficient (Wildman–Crippen LogP) is 2.56. The lowest BCUT2D eigenvalue weighted by atomic mass is 10.2. The van der Waals surface area contributed by atoms with Crippen LogP contribution in [0.3, 0.4) is 0 Å². The lowest BCUT2D eigenvalue weighted by Gasteiger charge is -1.96. The van der Waals surface area contributed by atoms with Crippen molar-refractivity contribution in [2.24, 2.45) is 0 Å². The first-order valence-electron chi connectivity index (χ1n) is 5.49. The Morgan fingerprint density at radius 1 is 1.45 bits per heavy atom. The van der Waals surface area contributed by atoms with Gasteiger partial charge in [-0.05, 0) is 12.1 Å². The molecule has 20 heavy (non-hydrogen) atoms. The quantitative estimate of drug-likeness (QED) is 0.671. The average molecular weight is 294 g/mol. The number of hydrogen-bond donors (Lipinski definition) is 1. The molecule has 8 heteroatoms. The minimum Gasteiger partial charge on any atom is -0.477 e. The molecule has 2 aromatic rings. The summed E-state index contributed by atoms with van der Waals surface area (Å²) in [6, 6.07) is 5.79. The van der Waals surface area contributed by atoms with Crippen molar-refractivity contribution in [3.05, 3.63) is 45.0 Å². The van der Waals surface area contributed by atoms with Crippen LogP contribution in [0.4, 0.5) is 5.69 Å². The van der Waals surface area contributed by atoms with Crippen molar-refractivity contribution in [2.45, 2.75) is 6.61 Å². The molecule has 0 aliphatic heterocycles. The van der Waals surface area contributed by atoms with E-state index in [0.717, 1.165) is 11.3 Å². The summed E-state index contributed by atoms with van der Waals surface area (Å²) in [4.78, 5) is 25.5. The number of non-ortho nitro benzene ring substituents is 1. The molecule has 0 bridgehead atoms. The molecular formula is C12H10N2O5S. The first-order chi connectivity index (χ1) is 9.52. The summed E-state index contributed by atoms with van der Waals surface area (Å²) in [7, 11) is 1.45. The Hall–Kier alpha value is -2.32. The SMILES string of the molecule is COCc1nc(-c2ccc([N+](=O)[O-])cc2)sc1C(=O)O. The largest absolute Gasteiger partial charge is 0.477 e. The van der Waals surface area contributed by atoms with E-state index in [-0.39, 0.29) is 17.2 Å². The number of carboxylic acid groups (broad SMARTS) is 1. The highest BCUT2D eigenvalue weighted by Crippen LogP contribution is 2.29. The van der Waals surface area contributed by atoms with Gasteiger partial charge in [0.15, 0.2) is 0 Å². The Morgan fingerprint density at radius 2 is 2.10 bits per heavy atom. The van der Waals surface area contributed by atoms with Gasteiger partial charge in [0.05, 0.1) is 17.2 Å². The van der Waals surface area contributed by atoms with E-state index in [2.05, 4.69) is 4.98 Å². The second-order valence-corrected chi connectivity index (χ2v) is 4.84. The van der Waals surface area contributed by atoms with E-state index >= 15 is 0 Å². The van der Waals surface area contributed by atoms with Crippen LogP contribution < -0.4 is 0 Å². The zero-order valence-electron chi connectivity index (χ0n) is 10.4. The molecule has 1 aromatic carbocycles. The number of thiazole rings is 1. The summed E-state index contributed by atoms with van der Waals surface area (Å²) in [5, 5.41) is 20.2. The van der Waals surface area contributed by atoms with Gasteiger partial charge in [-0.3, -0.25) is 10.1 Å². The number of nitro groups is 1. The molecule has 2 rings (SSSR count). The molecule has 0 saturated carbocycles. The van der Waals surface area contributed by atoms with Crippen molar-refractivity contribution in [3.63, 3.8) is 0 Å². The van der Waals surface area contributed by atoms with Crippen LogP contribution in [-0.2, 0) is 11.3 Å². The third-order valence-corrected chi connectivity index (χ3v) is 3.63.